The van der Waals surface area contributed by atoms with Crippen LogP contribution in [0.3, 0.4) is 0 Å². The summed E-state index contributed by atoms with van der Waals surface area (Å²) in [5.74, 6) is 0.752. The molecule has 1 aliphatic rings. The van der Waals surface area contributed by atoms with Crippen LogP contribution in [0.1, 0.15) is 23.3 Å². The predicted octanol–water partition coefficient (Wildman–Crippen LogP) is 2.49. The number of aromatic nitrogens is 1. The number of amides is 1. The third-order valence-corrected chi connectivity index (χ3v) is 4.08. The molecule has 0 radical (unpaired) electrons. The van der Waals surface area contributed by atoms with Crippen LogP contribution in [0.5, 0.6) is 5.75 Å². The zero-order valence-corrected chi connectivity index (χ0v) is 13.2. The van der Waals surface area contributed by atoms with E-state index >= 15 is 0 Å². The van der Waals surface area contributed by atoms with Gasteiger partial charge in [0.15, 0.2) is 0 Å². The van der Waals surface area contributed by atoms with Gasteiger partial charge < -0.3 is 15.0 Å². The van der Waals surface area contributed by atoms with Gasteiger partial charge in [0.2, 0.25) is 0 Å². The molecule has 1 N–H and O–H groups in total. The molecule has 5 heteroatoms. The van der Waals surface area contributed by atoms with Crippen molar-refractivity contribution in [3.63, 3.8) is 0 Å². The summed E-state index contributed by atoms with van der Waals surface area (Å²) in [5, 5.41) is 3.09. The summed E-state index contributed by atoms with van der Waals surface area (Å²) in [6.45, 7) is 1.75. The maximum atomic E-state index is 12.3. The van der Waals surface area contributed by atoms with Crippen LogP contribution in [0.4, 0.5) is 5.69 Å². The number of nitrogens with zero attached hydrogens (tertiary/aromatic N) is 2. The van der Waals surface area contributed by atoms with Crippen LogP contribution >= 0.6 is 0 Å². The molecular weight excluding hydrogens is 290 g/mol. The second-order valence-corrected chi connectivity index (χ2v) is 5.65. The number of methoxy groups -OCH3 is 1. The lowest BCUT2D eigenvalue weighted by atomic mass is 10.0. The molecule has 0 aliphatic carbocycles. The minimum absolute atomic E-state index is 0.113. The molecule has 1 aromatic heterocycles. The standard InChI is InChI=1S/C18H21N3O2/c1-23-17-10-3-2-9-16(17)21-12-6-7-14(13-21)20-18(22)15-8-4-5-11-19-15/h2-5,8-11,14H,6-7,12-13H2,1H3,(H,20,22)/t14-/m1/s1. The van der Waals surface area contributed by atoms with Crippen molar-refractivity contribution in [3.8, 4) is 5.75 Å². The quantitative estimate of drug-likeness (QED) is 0.942. The molecule has 5 nitrogen and oxygen atoms in total. The number of piperidine rings is 1. The molecular formula is C18H21N3O2. The van der Waals surface area contributed by atoms with E-state index in [-0.39, 0.29) is 11.9 Å². The summed E-state index contributed by atoms with van der Waals surface area (Å²) in [6, 6.07) is 13.5. The molecule has 0 saturated carbocycles. The number of para-hydroxylation sites is 2. The molecule has 3 rings (SSSR count). The van der Waals surface area contributed by atoms with Crippen molar-refractivity contribution in [1.29, 1.82) is 0 Å². The number of nitrogens with one attached hydrogen (secondary N) is 1. The first-order valence-electron chi connectivity index (χ1n) is 7.88. The second kappa shape index (κ2) is 7.13. The van der Waals surface area contributed by atoms with Gasteiger partial charge in [-0.15, -0.1) is 0 Å². The van der Waals surface area contributed by atoms with E-state index in [9.17, 15) is 4.79 Å². The third kappa shape index (κ3) is 3.62. The molecule has 2 heterocycles. The summed E-state index contributed by atoms with van der Waals surface area (Å²) in [6.07, 6.45) is 3.65. The number of benzene rings is 1. The van der Waals surface area contributed by atoms with Crippen LogP contribution in [0, 0.1) is 0 Å². The molecule has 23 heavy (non-hydrogen) atoms. The van der Waals surface area contributed by atoms with Crippen LogP contribution in [0.15, 0.2) is 48.7 Å². The summed E-state index contributed by atoms with van der Waals surface area (Å²) < 4.78 is 5.45. The Morgan fingerprint density at radius 3 is 2.87 bits per heavy atom. The van der Waals surface area contributed by atoms with Crippen molar-refractivity contribution in [2.24, 2.45) is 0 Å². The van der Waals surface area contributed by atoms with Crippen LogP contribution < -0.4 is 15.0 Å². The van der Waals surface area contributed by atoms with Crippen molar-refractivity contribution in [3.05, 3.63) is 54.4 Å². The smallest absolute Gasteiger partial charge is 0.270 e. The minimum atomic E-state index is -0.113. The molecule has 1 aromatic carbocycles. The third-order valence-electron chi connectivity index (χ3n) is 4.08. The average molecular weight is 311 g/mol. The molecule has 1 aliphatic heterocycles. The van der Waals surface area contributed by atoms with Gasteiger partial charge in [-0.25, -0.2) is 0 Å². The molecule has 120 valence electrons. The lowest BCUT2D eigenvalue weighted by Crippen LogP contribution is -2.48. The molecule has 1 saturated heterocycles. The van der Waals surface area contributed by atoms with Crippen LogP contribution in [-0.2, 0) is 0 Å². The Bertz CT molecular complexity index is 660. The Morgan fingerprint density at radius 1 is 1.26 bits per heavy atom. The summed E-state index contributed by atoms with van der Waals surface area (Å²) in [4.78, 5) is 18.6. The van der Waals surface area contributed by atoms with E-state index in [4.69, 9.17) is 4.74 Å². The highest BCUT2D eigenvalue weighted by atomic mass is 16.5. The summed E-state index contributed by atoms with van der Waals surface area (Å²) in [5.41, 5.74) is 1.54. The number of hydrogen-bond acceptors (Lipinski definition) is 4. The SMILES string of the molecule is COc1ccccc1N1CCC[C@@H](NC(=O)c2ccccn2)C1. The van der Waals surface area contributed by atoms with Gasteiger partial charge >= 0.3 is 0 Å². The fourth-order valence-corrected chi connectivity index (χ4v) is 2.96. The van der Waals surface area contributed by atoms with Gasteiger partial charge in [-0.1, -0.05) is 18.2 Å². The van der Waals surface area contributed by atoms with E-state index in [1.165, 1.54) is 0 Å². The molecule has 0 spiro atoms. The van der Waals surface area contributed by atoms with Crippen molar-refractivity contribution in [2.75, 3.05) is 25.1 Å². The van der Waals surface area contributed by atoms with Gasteiger partial charge in [-0.05, 0) is 37.1 Å². The first-order valence-corrected chi connectivity index (χ1v) is 7.88. The average Bonchev–Trinajstić information content (AvgIpc) is 2.62. The highest BCUT2D eigenvalue weighted by Crippen LogP contribution is 2.29. The Morgan fingerprint density at radius 2 is 2.09 bits per heavy atom. The van der Waals surface area contributed by atoms with Crippen molar-refractivity contribution in [2.45, 2.75) is 18.9 Å². The van der Waals surface area contributed by atoms with E-state index in [1.807, 2.05) is 24.3 Å². The van der Waals surface area contributed by atoms with E-state index < -0.39 is 0 Å². The van der Waals surface area contributed by atoms with Gasteiger partial charge in [0, 0.05) is 25.3 Å². The summed E-state index contributed by atoms with van der Waals surface area (Å²) in [7, 11) is 1.68. The normalized spacial score (nSPS) is 17.6. The minimum Gasteiger partial charge on any atom is -0.495 e. The maximum absolute atomic E-state index is 12.3. The van der Waals surface area contributed by atoms with Crippen molar-refractivity contribution in [1.82, 2.24) is 10.3 Å². The van der Waals surface area contributed by atoms with Crippen molar-refractivity contribution >= 4 is 11.6 Å². The van der Waals surface area contributed by atoms with Crippen LogP contribution in [-0.4, -0.2) is 37.1 Å². The molecule has 2 aromatic rings. The fraction of sp³-hybridized carbons (Fsp3) is 0.333. The molecule has 1 atom stereocenters. The van der Waals surface area contributed by atoms with E-state index in [1.54, 1.807) is 25.4 Å². The Labute approximate surface area is 136 Å². The lowest BCUT2D eigenvalue weighted by molar-refractivity contribution is 0.0928. The summed E-state index contributed by atoms with van der Waals surface area (Å²) >= 11 is 0. The number of rotatable bonds is 4. The van der Waals surface area contributed by atoms with Gasteiger partial charge in [-0.2, -0.15) is 0 Å². The monoisotopic (exact) mass is 311 g/mol. The molecule has 1 amide bonds. The highest BCUT2D eigenvalue weighted by Gasteiger charge is 2.23. The Hall–Kier alpha value is -2.56. The number of ether oxygens (including phenoxy) is 1. The number of hydrogen-bond donors (Lipinski definition) is 1. The Balaban J connectivity index is 1.68. The maximum Gasteiger partial charge on any atom is 0.270 e. The van der Waals surface area contributed by atoms with Gasteiger partial charge in [0.25, 0.3) is 5.91 Å². The second-order valence-electron chi connectivity index (χ2n) is 5.65. The van der Waals surface area contributed by atoms with E-state index in [0.717, 1.165) is 37.4 Å². The topological polar surface area (TPSA) is 54.5 Å². The highest BCUT2D eigenvalue weighted by molar-refractivity contribution is 5.92. The zero-order chi connectivity index (χ0) is 16.1. The van der Waals surface area contributed by atoms with E-state index in [2.05, 4.69) is 21.3 Å². The Kier molecular flexibility index (Phi) is 4.76. The van der Waals surface area contributed by atoms with Gasteiger partial charge in [0.1, 0.15) is 11.4 Å². The van der Waals surface area contributed by atoms with E-state index in [0.29, 0.717) is 5.69 Å². The first kappa shape index (κ1) is 15.3. The van der Waals surface area contributed by atoms with Gasteiger partial charge in [-0.3, -0.25) is 9.78 Å². The first-order chi connectivity index (χ1) is 11.3. The van der Waals surface area contributed by atoms with Crippen LogP contribution in [0.25, 0.3) is 0 Å². The lowest BCUT2D eigenvalue weighted by Gasteiger charge is -2.35. The zero-order valence-electron chi connectivity index (χ0n) is 13.2. The van der Waals surface area contributed by atoms with Crippen molar-refractivity contribution < 1.29 is 9.53 Å². The van der Waals surface area contributed by atoms with Crippen LogP contribution in [0.2, 0.25) is 0 Å². The predicted molar refractivity (Wildman–Crippen MR) is 89.9 cm³/mol. The largest absolute Gasteiger partial charge is 0.495 e. The van der Waals surface area contributed by atoms with Gasteiger partial charge in [0.05, 0.1) is 12.8 Å². The molecule has 0 unspecified atom stereocenters. The number of anilines is 1. The fourth-order valence-electron chi connectivity index (χ4n) is 2.96. The molecule has 0 bridgehead atoms. The number of pyridine rings is 1. The number of carbonyl (C=O) groups excluding carboxylic acids is 1. The number of carbonyl (C=O) groups is 1. The molecule has 1 fully saturated rings.